The van der Waals surface area contributed by atoms with E-state index < -0.39 is 73.4 Å². The van der Waals surface area contributed by atoms with Gasteiger partial charge in [-0.15, -0.1) is 0 Å². The molecule has 3 aromatic carbocycles. The van der Waals surface area contributed by atoms with Crippen LogP contribution in [0.5, 0.6) is 0 Å². The van der Waals surface area contributed by atoms with Crippen LogP contribution in [0.4, 0.5) is 0 Å². The summed E-state index contributed by atoms with van der Waals surface area (Å²) in [7, 11) is 2.86. The van der Waals surface area contributed by atoms with Gasteiger partial charge in [0.05, 0.1) is 39.5 Å². The lowest BCUT2D eigenvalue weighted by atomic mass is 9.96. The highest BCUT2D eigenvalue weighted by atomic mass is 16.8. The number of rotatable bonds is 20. The van der Waals surface area contributed by atoms with Crippen LogP contribution < -0.4 is 0 Å². The number of carbonyl (C=O) groups excluding carboxylic acids is 3. The molecule has 0 aromatic heterocycles. The molecule has 10 atom stereocenters. The van der Waals surface area contributed by atoms with Crippen molar-refractivity contribution >= 4 is 17.7 Å². The molecule has 304 valence electrons. The van der Waals surface area contributed by atoms with Crippen LogP contribution in [0.2, 0.25) is 0 Å². The first kappa shape index (κ1) is 43.0. The fraction of sp³-hybridized carbons (Fsp3) is 0.500. The van der Waals surface area contributed by atoms with Gasteiger partial charge < -0.3 is 57.3 Å². The van der Waals surface area contributed by atoms with Crippen molar-refractivity contribution in [2.75, 3.05) is 27.4 Å². The second-order valence-electron chi connectivity index (χ2n) is 13.6. The van der Waals surface area contributed by atoms with E-state index in [4.69, 9.17) is 47.4 Å². The molecule has 2 saturated heterocycles. The lowest BCUT2D eigenvalue weighted by Crippen LogP contribution is -2.66. The first-order valence-corrected chi connectivity index (χ1v) is 18.6. The van der Waals surface area contributed by atoms with Crippen molar-refractivity contribution in [2.24, 2.45) is 0 Å². The zero-order valence-electron chi connectivity index (χ0n) is 32.1. The standard InChI is InChI=1S/C42H52O14/c1-27(43)20-21-34(45)55-35-33(26-50-23-30-16-10-6-11-17-30)54-42(40(38(35)48-4)51-24-31-18-12-7-13-19-31)56-36-32(25-49-22-29-14-8-5-9-15-29)53-41(46)39(37(36)47-3)52-28(2)44/h5-19,32-33,35-42,46H,20-26H2,1-4H3/t32-,33-,35-,36-,37+,38+,39-,40-,41?,42-/m1/s1. The summed E-state index contributed by atoms with van der Waals surface area (Å²) in [6, 6.07) is 28.5. The molecule has 5 rings (SSSR count). The average Bonchev–Trinajstić information content (AvgIpc) is 3.19. The van der Waals surface area contributed by atoms with Crippen LogP contribution in [-0.4, -0.2) is 112 Å². The van der Waals surface area contributed by atoms with Gasteiger partial charge in [0.2, 0.25) is 0 Å². The largest absolute Gasteiger partial charge is 0.457 e. The smallest absolute Gasteiger partial charge is 0.306 e. The zero-order valence-corrected chi connectivity index (χ0v) is 32.1. The van der Waals surface area contributed by atoms with Gasteiger partial charge in [-0.3, -0.25) is 9.59 Å². The monoisotopic (exact) mass is 780 g/mol. The molecule has 0 bridgehead atoms. The highest BCUT2D eigenvalue weighted by Gasteiger charge is 2.54. The van der Waals surface area contributed by atoms with Crippen LogP contribution in [0.25, 0.3) is 0 Å². The van der Waals surface area contributed by atoms with E-state index in [1.807, 2.05) is 91.0 Å². The molecule has 0 spiro atoms. The molecule has 2 fully saturated rings. The first-order chi connectivity index (χ1) is 27.2. The van der Waals surface area contributed by atoms with Gasteiger partial charge in [-0.25, -0.2) is 0 Å². The normalized spacial score (nSPS) is 27.7. The van der Waals surface area contributed by atoms with Crippen LogP contribution in [0, 0.1) is 0 Å². The Kier molecular flexibility index (Phi) is 16.9. The fourth-order valence-electron chi connectivity index (χ4n) is 6.63. The number of hydrogen-bond donors (Lipinski definition) is 1. The summed E-state index contributed by atoms with van der Waals surface area (Å²) < 4.78 is 61.5. The lowest BCUT2D eigenvalue weighted by molar-refractivity contribution is -0.365. The maximum Gasteiger partial charge on any atom is 0.306 e. The van der Waals surface area contributed by atoms with Crippen LogP contribution in [0.15, 0.2) is 91.0 Å². The predicted octanol–water partition coefficient (Wildman–Crippen LogP) is 4.08. The number of carbonyl (C=O) groups is 3. The van der Waals surface area contributed by atoms with E-state index in [1.54, 1.807) is 0 Å². The summed E-state index contributed by atoms with van der Waals surface area (Å²) in [5.41, 5.74) is 2.66. The predicted molar refractivity (Wildman–Crippen MR) is 199 cm³/mol. The Hall–Kier alpha value is -4.09. The Morgan fingerprint density at radius 3 is 1.59 bits per heavy atom. The summed E-state index contributed by atoms with van der Waals surface area (Å²) in [4.78, 5) is 37.1. The first-order valence-electron chi connectivity index (χ1n) is 18.6. The van der Waals surface area contributed by atoms with Crippen molar-refractivity contribution in [1.29, 1.82) is 0 Å². The van der Waals surface area contributed by atoms with Gasteiger partial charge in [0.1, 0.15) is 42.4 Å². The van der Waals surface area contributed by atoms with E-state index in [0.717, 1.165) is 16.7 Å². The van der Waals surface area contributed by atoms with Crippen LogP contribution in [-0.2, 0) is 81.6 Å². The molecule has 2 aliphatic heterocycles. The maximum atomic E-state index is 13.2. The summed E-state index contributed by atoms with van der Waals surface area (Å²) >= 11 is 0. The SMILES string of the molecule is CO[C@@H]1[C@@H](OCc2ccccc2)[C@@H](O[C@H]2[C@H](OC)[C@@H](OC(C)=O)C(O)O[C@@H]2COCc2ccccc2)O[C@H](COCc2ccccc2)[C@H]1OC(=O)CCC(C)=O. The highest BCUT2D eigenvalue weighted by molar-refractivity contribution is 5.81. The van der Waals surface area contributed by atoms with Crippen LogP contribution >= 0.6 is 0 Å². The van der Waals surface area contributed by atoms with E-state index in [9.17, 15) is 19.5 Å². The summed E-state index contributed by atoms with van der Waals surface area (Å²) in [6.07, 6.45) is -11.4. The number of Topliss-reactive ketones (excluding diaryl/α,β-unsaturated/α-hetero) is 1. The maximum absolute atomic E-state index is 13.2. The minimum atomic E-state index is -1.57. The topological polar surface area (TPSA) is 164 Å². The minimum Gasteiger partial charge on any atom is -0.457 e. The fourth-order valence-corrected chi connectivity index (χ4v) is 6.63. The van der Waals surface area contributed by atoms with Gasteiger partial charge in [-0.05, 0) is 23.6 Å². The minimum absolute atomic E-state index is 0.00206. The molecule has 3 aromatic rings. The van der Waals surface area contributed by atoms with Gasteiger partial charge in [0.25, 0.3) is 0 Å². The van der Waals surface area contributed by atoms with Gasteiger partial charge in [0, 0.05) is 27.6 Å². The molecule has 14 heteroatoms. The molecular weight excluding hydrogens is 728 g/mol. The number of ketones is 1. The second-order valence-corrected chi connectivity index (χ2v) is 13.6. The third kappa shape index (κ3) is 12.5. The number of aliphatic hydroxyl groups is 1. The number of methoxy groups -OCH3 is 2. The van der Waals surface area contributed by atoms with Crippen LogP contribution in [0.3, 0.4) is 0 Å². The Labute approximate surface area is 327 Å². The van der Waals surface area contributed by atoms with E-state index in [0.29, 0.717) is 0 Å². The molecule has 56 heavy (non-hydrogen) atoms. The lowest BCUT2D eigenvalue weighted by Gasteiger charge is -2.49. The molecule has 2 heterocycles. The van der Waals surface area contributed by atoms with E-state index in [-0.39, 0.29) is 51.7 Å². The Morgan fingerprint density at radius 1 is 0.589 bits per heavy atom. The van der Waals surface area contributed by atoms with E-state index in [1.165, 1.54) is 28.1 Å². The Bertz CT molecular complexity index is 1630. The molecule has 1 N–H and O–H groups in total. The molecule has 1 unspecified atom stereocenters. The number of hydrogen-bond acceptors (Lipinski definition) is 14. The number of ether oxygens (including phenoxy) is 10. The highest BCUT2D eigenvalue weighted by Crippen LogP contribution is 2.35. The summed E-state index contributed by atoms with van der Waals surface area (Å²) in [6.45, 7) is 3.06. The zero-order chi connectivity index (χ0) is 39.9. The average molecular weight is 781 g/mol. The molecule has 0 aliphatic carbocycles. The number of aliphatic hydroxyl groups excluding tert-OH is 1. The van der Waals surface area contributed by atoms with Crippen molar-refractivity contribution in [1.82, 2.24) is 0 Å². The van der Waals surface area contributed by atoms with Crippen molar-refractivity contribution in [2.45, 2.75) is 108 Å². The molecule has 2 aliphatic rings. The van der Waals surface area contributed by atoms with E-state index >= 15 is 0 Å². The summed E-state index contributed by atoms with van der Waals surface area (Å²) in [5.74, 6) is -1.45. The van der Waals surface area contributed by atoms with Crippen molar-refractivity contribution in [3.63, 3.8) is 0 Å². The quantitative estimate of drug-likeness (QED) is 0.163. The van der Waals surface area contributed by atoms with Gasteiger partial charge >= 0.3 is 11.9 Å². The molecule has 0 saturated carbocycles. The molecular formula is C42H52O14. The number of esters is 2. The van der Waals surface area contributed by atoms with Gasteiger partial charge in [0.15, 0.2) is 24.8 Å². The summed E-state index contributed by atoms with van der Waals surface area (Å²) in [5, 5.41) is 11.0. The molecule has 0 radical (unpaired) electrons. The number of benzene rings is 3. The van der Waals surface area contributed by atoms with Crippen molar-refractivity contribution < 1.29 is 66.9 Å². The van der Waals surface area contributed by atoms with Gasteiger partial charge in [-0.1, -0.05) is 91.0 Å². The van der Waals surface area contributed by atoms with Crippen molar-refractivity contribution in [3.8, 4) is 0 Å². The Balaban J connectivity index is 1.47. The van der Waals surface area contributed by atoms with E-state index in [2.05, 4.69) is 0 Å². The third-order valence-corrected chi connectivity index (χ3v) is 9.36. The molecule has 14 nitrogen and oxygen atoms in total. The van der Waals surface area contributed by atoms with Gasteiger partial charge in [-0.2, -0.15) is 0 Å². The second kappa shape index (κ2) is 22.0. The Morgan fingerprint density at radius 2 is 1.09 bits per heavy atom. The molecule has 0 amide bonds. The van der Waals surface area contributed by atoms with Crippen LogP contribution in [0.1, 0.15) is 43.4 Å². The third-order valence-electron chi connectivity index (χ3n) is 9.36. The van der Waals surface area contributed by atoms with Crippen molar-refractivity contribution in [3.05, 3.63) is 108 Å².